The fourth-order valence-electron chi connectivity index (χ4n) is 3.92. The van der Waals surface area contributed by atoms with Gasteiger partial charge in [0.15, 0.2) is 10.8 Å². The molecule has 0 atom stereocenters. The highest BCUT2D eigenvalue weighted by Crippen LogP contribution is 2.34. The fraction of sp³-hybridized carbons (Fsp3) is 0.476. The number of anilines is 1. The van der Waals surface area contributed by atoms with E-state index in [9.17, 15) is 4.79 Å². The highest BCUT2D eigenvalue weighted by molar-refractivity contribution is 7.22. The van der Waals surface area contributed by atoms with Crippen molar-refractivity contribution in [3.8, 4) is 0 Å². The molecule has 0 N–H and O–H groups in total. The molecule has 1 saturated heterocycles. The summed E-state index contributed by atoms with van der Waals surface area (Å²) in [4.78, 5) is 21.7. The number of fused-ring (bicyclic) bond motifs is 1. The molecule has 154 valence electrons. The molecule has 3 aromatic rings. The fourth-order valence-corrected chi connectivity index (χ4v) is 5.39. The van der Waals surface area contributed by atoms with Gasteiger partial charge in [-0.15, -0.1) is 0 Å². The van der Waals surface area contributed by atoms with Gasteiger partial charge in [0.2, 0.25) is 0 Å². The molecule has 0 aliphatic carbocycles. The van der Waals surface area contributed by atoms with Gasteiger partial charge >= 0.3 is 0 Å². The first kappa shape index (κ1) is 20.2. The Morgan fingerprint density at radius 2 is 2.00 bits per heavy atom. The topological polar surface area (TPSA) is 54.3 Å². The molecule has 2 aromatic heterocycles. The standard InChI is InChI=1S/C21H26ClN5OS/c1-13-9-16(22)11-18-19(13)23-21(29-18)27-7-5-15(6-8-27)12-25(3)20(28)17-10-14(2)26(4)24-17/h9-11,15H,5-8,12H2,1-4H3. The summed E-state index contributed by atoms with van der Waals surface area (Å²) in [5, 5.41) is 6.14. The lowest BCUT2D eigenvalue weighted by Gasteiger charge is -2.33. The van der Waals surface area contributed by atoms with Crippen molar-refractivity contribution in [3.05, 3.63) is 40.2 Å². The van der Waals surface area contributed by atoms with Crippen LogP contribution >= 0.6 is 22.9 Å². The number of hydrogen-bond donors (Lipinski definition) is 0. The van der Waals surface area contributed by atoms with Crippen LogP contribution in [-0.4, -0.2) is 52.3 Å². The Balaban J connectivity index is 1.37. The largest absolute Gasteiger partial charge is 0.348 e. The minimum Gasteiger partial charge on any atom is -0.348 e. The van der Waals surface area contributed by atoms with Gasteiger partial charge in [-0.05, 0) is 56.4 Å². The van der Waals surface area contributed by atoms with Crippen molar-refractivity contribution >= 4 is 44.2 Å². The van der Waals surface area contributed by atoms with E-state index in [1.54, 1.807) is 16.0 Å². The molecule has 6 nitrogen and oxygen atoms in total. The van der Waals surface area contributed by atoms with Crippen LogP contribution in [0.15, 0.2) is 18.2 Å². The zero-order valence-electron chi connectivity index (χ0n) is 17.3. The van der Waals surface area contributed by atoms with Crippen molar-refractivity contribution in [3.63, 3.8) is 0 Å². The third kappa shape index (κ3) is 4.12. The Bertz CT molecular complexity index is 1030. The number of thiazole rings is 1. The first-order valence-corrected chi connectivity index (χ1v) is 11.1. The third-order valence-corrected chi connectivity index (χ3v) is 7.02. The first-order chi connectivity index (χ1) is 13.8. The molecule has 0 saturated carbocycles. The second-order valence-electron chi connectivity index (χ2n) is 7.98. The number of carbonyl (C=O) groups excluding carboxylic acids is 1. The van der Waals surface area contributed by atoms with Crippen molar-refractivity contribution in [2.24, 2.45) is 13.0 Å². The summed E-state index contributed by atoms with van der Waals surface area (Å²) in [6.45, 7) is 6.69. The van der Waals surface area contributed by atoms with E-state index in [0.29, 0.717) is 11.6 Å². The Hall–Kier alpha value is -2.12. The summed E-state index contributed by atoms with van der Waals surface area (Å²) >= 11 is 7.90. The summed E-state index contributed by atoms with van der Waals surface area (Å²) in [6.07, 6.45) is 2.10. The van der Waals surface area contributed by atoms with Gasteiger partial charge in [-0.3, -0.25) is 9.48 Å². The minimum atomic E-state index is -0.00495. The lowest BCUT2D eigenvalue weighted by Crippen LogP contribution is -2.39. The number of rotatable bonds is 4. The highest BCUT2D eigenvalue weighted by atomic mass is 35.5. The minimum absolute atomic E-state index is 0.00495. The van der Waals surface area contributed by atoms with Gasteiger partial charge in [0, 0.05) is 44.4 Å². The summed E-state index contributed by atoms with van der Waals surface area (Å²) < 4.78 is 2.88. The molecule has 8 heteroatoms. The van der Waals surface area contributed by atoms with E-state index in [2.05, 4.69) is 16.9 Å². The van der Waals surface area contributed by atoms with Gasteiger partial charge in [-0.25, -0.2) is 4.98 Å². The SMILES string of the molecule is Cc1cc(Cl)cc2sc(N3CCC(CN(C)C(=O)c4cc(C)n(C)n4)CC3)nc12. The molecule has 4 rings (SSSR count). The number of halogens is 1. The molecule has 1 aliphatic heterocycles. The molecule has 1 aliphatic rings. The quantitative estimate of drug-likeness (QED) is 0.618. The Labute approximate surface area is 180 Å². The van der Waals surface area contributed by atoms with Crippen LogP contribution in [0.1, 0.15) is 34.6 Å². The number of aromatic nitrogens is 3. The normalized spacial score (nSPS) is 15.3. The number of piperidine rings is 1. The number of hydrogen-bond acceptors (Lipinski definition) is 5. The van der Waals surface area contributed by atoms with Crippen molar-refractivity contribution in [1.29, 1.82) is 0 Å². The smallest absolute Gasteiger partial charge is 0.274 e. The van der Waals surface area contributed by atoms with Crippen LogP contribution in [0.5, 0.6) is 0 Å². The Morgan fingerprint density at radius 1 is 1.28 bits per heavy atom. The van der Waals surface area contributed by atoms with E-state index in [4.69, 9.17) is 16.6 Å². The summed E-state index contributed by atoms with van der Waals surface area (Å²) in [5.74, 6) is 0.491. The molecule has 0 bridgehead atoms. The van der Waals surface area contributed by atoms with Crippen molar-refractivity contribution in [1.82, 2.24) is 19.7 Å². The van der Waals surface area contributed by atoms with Crippen LogP contribution in [0, 0.1) is 19.8 Å². The number of aryl methyl sites for hydroxylation is 3. The van der Waals surface area contributed by atoms with Gasteiger partial charge in [0.25, 0.3) is 5.91 Å². The highest BCUT2D eigenvalue weighted by Gasteiger charge is 2.25. The number of carbonyl (C=O) groups is 1. The second kappa shape index (κ2) is 7.95. The van der Waals surface area contributed by atoms with E-state index in [-0.39, 0.29) is 5.91 Å². The van der Waals surface area contributed by atoms with Crippen LogP contribution in [0.25, 0.3) is 10.2 Å². The number of amides is 1. The predicted octanol–water partition coefficient (Wildman–Crippen LogP) is 4.29. The van der Waals surface area contributed by atoms with Gasteiger partial charge in [0.05, 0.1) is 10.2 Å². The molecular formula is C21H26ClN5OS. The van der Waals surface area contributed by atoms with Crippen LogP contribution in [0.4, 0.5) is 5.13 Å². The summed E-state index contributed by atoms with van der Waals surface area (Å²) in [5.41, 5.74) is 3.68. The molecule has 1 fully saturated rings. The maximum absolute atomic E-state index is 12.6. The molecule has 0 unspecified atom stereocenters. The maximum Gasteiger partial charge on any atom is 0.274 e. The summed E-state index contributed by atoms with van der Waals surface area (Å²) in [6, 6.07) is 5.82. The van der Waals surface area contributed by atoms with Gasteiger partial charge < -0.3 is 9.80 Å². The van der Waals surface area contributed by atoms with Crippen LogP contribution in [0.3, 0.4) is 0 Å². The zero-order chi connectivity index (χ0) is 20.7. The first-order valence-electron chi connectivity index (χ1n) is 9.89. The maximum atomic E-state index is 12.6. The number of benzene rings is 1. The molecule has 1 aromatic carbocycles. The van der Waals surface area contributed by atoms with Crippen molar-refractivity contribution in [2.45, 2.75) is 26.7 Å². The van der Waals surface area contributed by atoms with E-state index < -0.39 is 0 Å². The molecule has 1 amide bonds. The van der Waals surface area contributed by atoms with Gasteiger partial charge in [0.1, 0.15) is 0 Å². The van der Waals surface area contributed by atoms with Gasteiger partial charge in [-0.1, -0.05) is 22.9 Å². The van der Waals surface area contributed by atoms with Gasteiger partial charge in [-0.2, -0.15) is 5.10 Å². The van der Waals surface area contributed by atoms with E-state index >= 15 is 0 Å². The lowest BCUT2D eigenvalue weighted by molar-refractivity contribution is 0.0758. The molecule has 3 heterocycles. The lowest BCUT2D eigenvalue weighted by atomic mass is 9.96. The van der Waals surface area contributed by atoms with E-state index in [1.165, 1.54) is 0 Å². The monoisotopic (exact) mass is 431 g/mol. The van der Waals surface area contributed by atoms with E-state index in [0.717, 1.165) is 64.1 Å². The summed E-state index contributed by atoms with van der Waals surface area (Å²) in [7, 11) is 3.73. The Morgan fingerprint density at radius 3 is 2.66 bits per heavy atom. The average Bonchev–Trinajstić information content (AvgIpc) is 3.25. The van der Waals surface area contributed by atoms with Crippen molar-refractivity contribution < 1.29 is 4.79 Å². The zero-order valence-corrected chi connectivity index (χ0v) is 18.8. The molecule has 0 spiro atoms. The van der Waals surface area contributed by atoms with Crippen molar-refractivity contribution in [2.75, 3.05) is 31.6 Å². The van der Waals surface area contributed by atoms with Crippen LogP contribution in [-0.2, 0) is 7.05 Å². The third-order valence-electron chi connectivity index (χ3n) is 5.74. The second-order valence-corrected chi connectivity index (χ2v) is 9.42. The van der Waals surface area contributed by atoms with E-state index in [1.807, 2.05) is 44.1 Å². The Kier molecular flexibility index (Phi) is 5.53. The molecule has 29 heavy (non-hydrogen) atoms. The van der Waals surface area contributed by atoms with Crippen LogP contribution < -0.4 is 4.90 Å². The average molecular weight is 432 g/mol. The number of nitrogens with zero attached hydrogens (tertiary/aromatic N) is 5. The molecule has 0 radical (unpaired) electrons. The molecular weight excluding hydrogens is 406 g/mol. The van der Waals surface area contributed by atoms with Crippen LogP contribution in [0.2, 0.25) is 5.02 Å². The predicted molar refractivity (Wildman–Crippen MR) is 119 cm³/mol.